The summed E-state index contributed by atoms with van der Waals surface area (Å²) in [5.41, 5.74) is 0.714. The first-order chi connectivity index (χ1) is 9.42. The van der Waals surface area contributed by atoms with Crippen LogP contribution in [0.1, 0.15) is 25.3 Å². The van der Waals surface area contributed by atoms with Gasteiger partial charge in [0.25, 0.3) is 0 Å². The molecule has 0 spiro atoms. The summed E-state index contributed by atoms with van der Waals surface area (Å²) in [6.45, 7) is 3.95. The van der Waals surface area contributed by atoms with Crippen LogP contribution < -0.4 is 4.72 Å². The van der Waals surface area contributed by atoms with Gasteiger partial charge in [-0.3, -0.25) is 4.79 Å². The third-order valence-electron chi connectivity index (χ3n) is 3.42. The zero-order chi connectivity index (χ0) is 14.8. The Morgan fingerprint density at radius 2 is 2.00 bits per heavy atom. The predicted molar refractivity (Wildman–Crippen MR) is 76.8 cm³/mol. The number of carbonyl (C=O) groups excluding carboxylic acids is 1. The summed E-state index contributed by atoms with van der Waals surface area (Å²) in [6, 6.07) is 7.16. The van der Waals surface area contributed by atoms with Gasteiger partial charge in [0.05, 0.1) is 4.90 Å². The van der Waals surface area contributed by atoms with Crippen molar-refractivity contribution in [2.45, 2.75) is 37.6 Å². The van der Waals surface area contributed by atoms with Crippen LogP contribution in [-0.2, 0) is 14.8 Å². The van der Waals surface area contributed by atoms with Crippen LogP contribution in [0.25, 0.3) is 0 Å². The smallest absolute Gasteiger partial charge is 0.240 e. The average Bonchev–Trinajstić information content (AvgIpc) is 3.18. The van der Waals surface area contributed by atoms with Crippen LogP contribution in [0.15, 0.2) is 29.2 Å². The number of nitrogens with zero attached hydrogens (tertiary/aromatic N) is 1. The summed E-state index contributed by atoms with van der Waals surface area (Å²) < 4.78 is 26.9. The molecule has 2 rings (SSSR count). The molecule has 1 fully saturated rings. The first-order valence-electron chi connectivity index (χ1n) is 6.74. The highest BCUT2D eigenvalue weighted by Gasteiger charge is 2.30. The van der Waals surface area contributed by atoms with Gasteiger partial charge in [0, 0.05) is 26.1 Å². The first-order valence-corrected chi connectivity index (χ1v) is 8.22. The van der Waals surface area contributed by atoms with E-state index in [0.29, 0.717) is 23.0 Å². The molecule has 0 aliphatic heterocycles. The van der Waals surface area contributed by atoms with Gasteiger partial charge in [0.2, 0.25) is 15.9 Å². The molecule has 110 valence electrons. The topological polar surface area (TPSA) is 66.5 Å². The highest BCUT2D eigenvalue weighted by Crippen LogP contribution is 2.26. The maximum atomic E-state index is 12.2. The Hall–Kier alpha value is -1.40. The van der Waals surface area contributed by atoms with Crippen LogP contribution in [0.2, 0.25) is 0 Å². The quantitative estimate of drug-likeness (QED) is 0.860. The Kier molecular flexibility index (Phi) is 4.45. The molecule has 5 nitrogen and oxygen atoms in total. The van der Waals surface area contributed by atoms with Crippen LogP contribution in [0.4, 0.5) is 0 Å². The molecule has 0 saturated heterocycles. The second-order valence-corrected chi connectivity index (χ2v) is 6.84. The van der Waals surface area contributed by atoms with Crippen molar-refractivity contribution in [3.05, 3.63) is 29.8 Å². The predicted octanol–water partition coefficient (Wildman–Crippen LogP) is 1.28. The number of hydrogen-bond acceptors (Lipinski definition) is 3. The molecule has 0 unspecified atom stereocenters. The number of benzene rings is 1. The minimum Gasteiger partial charge on any atom is -0.339 e. The number of carbonyl (C=O) groups is 1. The van der Waals surface area contributed by atoms with Crippen molar-refractivity contribution in [3.63, 3.8) is 0 Å². The molecule has 0 aromatic heterocycles. The first kappa shape index (κ1) is 15.0. The second kappa shape index (κ2) is 5.93. The summed E-state index contributed by atoms with van der Waals surface area (Å²) in [5.74, 6) is 0.00240. The van der Waals surface area contributed by atoms with E-state index < -0.39 is 10.0 Å². The van der Waals surface area contributed by atoms with Crippen molar-refractivity contribution in [2.24, 2.45) is 0 Å². The van der Waals surface area contributed by atoms with Gasteiger partial charge in [-0.1, -0.05) is 18.2 Å². The number of hydrogen-bond donors (Lipinski definition) is 1. The Bertz CT molecular complexity index is 594. The molecule has 1 aromatic carbocycles. The van der Waals surface area contributed by atoms with Crippen molar-refractivity contribution in [1.29, 1.82) is 0 Å². The Morgan fingerprint density at radius 3 is 2.55 bits per heavy atom. The van der Waals surface area contributed by atoms with E-state index in [4.69, 9.17) is 0 Å². The van der Waals surface area contributed by atoms with E-state index >= 15 is 0 Å². The lowest BCUT2D eigenvalue weighted by atomic mass is 10.2. The molecule has 1 amide bonds. The Labute approximate surface area is 120 Å². The number of rotatable bonds is 6. The van der Waals surface area contributed by atoms with Crippen LogP contribution in [0.3, 0.4) is 0 Å². The van der Waals surface area contributed by atoms with E-state index in [1.165, 1.54) is 6.92 Å². The van der Waals surface area contributed by atoms with Gasteiger partial charge in [-0.2, -0.15) is 0 Å². The molecular weight excluding hydrogens is 276 g/mol. The fourth-order valence-corrected chi connectivity index (χ4v) is 3.48. The van der Waals surface area contributed by atoms with Crippen molar-refractivity contribution < 1.29 is 13.2 Å². The van der Waals surface area contributed by atoms with Crippen molar-refractivity contribution in [1.82, 2.24) is 9.62 Å². The van der Waals surface area contributed by atoms with Gasteiger partial charge in [-0.05, 0) is 31.4 Å². The highest BCUT2D eigenvalue weighted by atomic mass is 32.2. The highest BCUT2D eigenvalue weighted by molar-refractivity contribution is 7.89. The zero-order valence-electron chi connectivity index (χ0n) is 11.8. The molecular formula is C14H20N2O3S. The van der Waals surface area contributed by atoms with E-state index in [9.17, 15) is 13.2 Å². The largest absolute Gasteiger partial charge is 0.339 e. The molecule has 1 aliphatic rings. The number of nitrogens with one attached hydrogen (secondary N) is 1. The SMILES string of the molecule is CC(=O)N(CCNS(=O)(=O)c1ccccc1C)C1CC1. The Morgan fingerprint density at radius 1 is 1.35 bits per heavy atom. The summed E-state index contributed by atoms with van der Waals surface area (Å²) in [4.78, 5) is 13.5. The molecule has 0 bridgehead atoms. The van der Waals surface area contributed by atoms with Crippen molar-refractivity contribution in [3.8, 4) is 0 Å². The molecule has 0 atom stereocenters. The fraction of sp³-hybridized carbons (Fsp3) is 0.500. The molecule has 1 saturated carbocycles. The van der Waals surface area contributed by atoms with Gasteiger partial charge in [0.1, 0.15) is 0 Å². The summed E-state index contributed by atoms with van der Waals surface area (Å²) >= 11 is 0. The lowest BCUT2D eigenvalue weighted by Crippen LogP contribution is -2.38. The van der Waals surface area contributed by atoms with Crippen LogP contribution in [0.5, 0.6) is 0 Å². The van der Waals surface area contributed by atoms with Gasteiger partial charge < -0.3 is 4.90 Å². The minimum atomic E-state index is -3.51. The van der Waals surface area contributed by atoms with Crippen LogP contribution >= 0.6 is 0 Å². The maximum Gasteiger partial charge on any atom is 0.240 e. The van der Waals surface area contributed by atoms with E-state index in [-0.39, 0.29) is 12.5 Å². The molecule has 1 aliphatic carbocycles. The number of sulfonamides is 1. The molecule has 0 heterocycles. The van der Waals surface area contributed by atoms with E-state index in [1.54, 1.807) is 36.1 Å². The fourth-order valence-electron chi connectivity index (χ4n) is 2.22. The van der Waals surface area contributed by atoms with E-state index in [0.717, 1.165) is 12.8 Å². The van der Waals surface area contributed by atoms with E-state index in [1.807, 2.05) is 0 Å². The van der Waals surface area contributed by atoms with Crippen LogP contribution in [-0.4, -0.2) is 38.4 Å². The number of amides is 1. The van der Waals surface area contributed by atoms with Gasteiger partial charge in [-0.25, -0.2) is 13.1 Å². The summed E-state index contributed by atoms with van der Waals surface area (Å²) in [6.07, 6.45) is 2.04. The maximum absolute atomic E-state index is 12.2. The molecule has 1 N–H and O–H groups in total. The third-order valence-corrected chi connectivity index (χ3v) is 5.04. The molecule has 1 aromatic rings. The van der Waals surface area contributed by atoms with Gasteiger partial charge in [0.15, 0.2) is 0 Å². The lowest BCUT2D eigenvalue weighted by Gasteiger charge is -2.20. The zero-order valence-corrected chi connectivity index (χ0v) is 12.6. The third kappa shape index (κ3) is 3.58. The lowest BCUT2D eigenvalue weighted by molar-refractivity contribution is -0.129. The summed E-state index contributed by atoms with van der Waals surface area (Å²) in [7, 11) is -3.51. The van der Waals surface area contributed by atoms with Crippen molar-refractivity contribution in [2.75, 3.05) is 13.1 Å². The Balaban J connectivity index is 1.96. The van der Waals surface area contributed by atoms with Crippen LogP contribution in [0, 0.1) is 6.92 Å². The summed E-state index contributed by atoms with van der Waals surface area (Å²) in [5, 5.41) is 0. The minimum absolute atomic E-state index is 0.00240. The second-order valence-electron chi connectivity index (χ2n) is 5.11. The molecule has 0 radical (unpaired) electrons. The van der Waals surface area contributed by atoms with E-state index in [2.05, 4.69) is 4.72 Å². The van der Waals surface area contributed by atoms with Crippen molar-refractivity contribution >= 4 is 15.9 Å². The monoisotopic (exact) mass is 296 g/mol. The van der Waals surface area contributed by atoms with Gasteiger partial charge in [-0.15, -0.1) is 0 Å². The normalized spacial score (nSPS) is 15.1. The molecule has 6 heteroatoms. The standard InChI is InChI=1S/C14H20N2O3S/c1-11-5-3-4-6-14(11)20(18,19)15-9-10-16(12(2)17)13-7-8-13/h3-6,13,15H,7-10H2,1-2H3. The number of aryl methyl sites for hydroxylation is 1. The van der Waals surface area contributed by atoms with Gasteiger partial charge >= 0.3 is 0 Å². The average molecular weight is 296 g/mol. The molecule has 20 heavy (non-hydrogen) atoms.